The van der Waals surface area contributed by atoms with Crippen molar-refractivity contribution in [2.75, 3.05) is 45.3 Å². The number of aliphatic carboxylic acids is 1. The minimum absolute atomic E-state index is 0.0199. The molecule has 1 aromatic rings. The van der Waals surface area contributed by atoms with Crippen LogP contribution < -0.4 is 16.2 Å². The number of aromatic nitrogens is 1. The molecule has 2 fully saturated rings. The van der Waals surface area contributed by atoms with Crippen LogP contribution in [0, 0.1) is 5.92 Å². The maximum absolute atomic E-state index is 13.1. The molecule has 3 heterocycles. The predicted octanol–water partition coefficient (Wildman–Crippen LogP) is -0.531. The van der Waals surface area contributed by atoms with Crippen molar-refractivity contribution in [2.45, 2.75) is 36.6 Å². The van der Waals surface area contributed by atoms with Gasteiger partial charge in [-0.1, -0.05) is 11.2 Å². The molecule has 2 aliphatic heterocycles. The van der Waals surface area contributed by atoms with E-state index in [1.165, 1.54) is 18.9 Å². The number of nitrogens with two attached hydrogens (primary N) is 1. The third-order valence-electron chi connectivity index (χ3n) is 7.42. The van der Waals surface area contributed by atoms with Gasteiger partial charge in [0.15, 0.2) is 16.6 Å². The number of allylic oxidation sites excluding steroid dienone is 1. The van der Waals surface area contributed by atoms with Crippen LogP contribution in [0.1, 0.15) is 25.0 Å². The van der Waals surface area contributed by atoms with Gasteiger partial charge in [-0.2, -0.15) is 11.8 Å². The number of carboxylic acid groups (broad SMARTS) is 1. The lowest BCUT2D eigenvalue weighted by atomic mass is 9.71. The monoisotopic (exact) mass is 549 g/mol. The fourth-order valence-corrected chi connectivity index (χ4v) is 7.35. The number of carbonyl (C=O) groups excluding carboxylic acids is 3. The molecular weight excluding hydrogens is 518 g/mol. The van der Waals surface area contributed by atoms with Gasteiger partial charge in [-0.15, -0.1) is 11.3 Å². The van der Waals surface area contributed by atoms with Crippen LogP contribution in [0.15, 0.2) is 33.8 Å². The number of ketones is 1. The number of oxime groups is 1. The fraction of sp³-hybridized carbons (Fsp3) is 0.542. The summed E-state index contributed by atoms with van der Waals surface area (Å²) in [5.74, 6) is -2.92. The molecule has 1 aromatic heterocycles. The Morgan fingerprint density at radius 3 is 2.86 bits per heavy atom. The number of thiazole rings is 1. The van der Waals surface area contributed by atoms with E-state index in [2.05, 4.69) is 22.5 Å². The summed E-state index contributed by atoms with van der Waals surface area (Å²) in [6.07, 6.45) is 6.85. The van der Waals surface area contributed by atoms with E-state index < -0.39 is 29.1 Å². The topological polar surface area (TPSA) is 167 Å². The van der Waals surface area contributed by atoms with Gasteiger partial charge in [0.1, 0.15) is 24.9 Å². The highest BCUT2D eigenvalue weighted by atomic mass is 32.2. The average Bonchev–Trinajstić information content (AvgIpc) is 3.30. The van der Waals surface area contributed by atoms with Gasteiger partial charge in [-0.3, -0.25) is 9.59 Å². The Kier molecular flexibility index (Phi) is 8.36. The van der Waals surface area contributed by atoms with E-state index >= 15 is 0 Å². The first-order valence-corrected chi connectivity index (χ1v) is 14.0. The number of rotatable bonds is 9. The van der Waals surface area contributed by atoms with Crippen LogP contribution in [-0.4, -0.2) is 94.9 Å². The summed E-state index contributed by atoms with van der Waals surface area (Å²) < 4.78 is 0.698. The van der Waals surface area contributed by atoms with Crippen molar-refractivity contribution in [1.29, 1.82) is 0 Å². The van der Waals surface area contributed by atoms with Crippen LogP contribution >= 0.6 is 23.1 Å². The van der Waals surface area contributed by atoms with Crippen molar-refractivity contribution < 1.29 is 33.9 Å². The molecule has 1 aliphatic carbocycles. The van der Waals surface area contributed by atoms with Crippen LogP contribution in [0.3, 0.4) is 0 Å². The number of Topliss-reactive ketones (excluding diaryl/α,β-unsaturated/α-hetero) is 1. The molecule has 3 unspecified atom stereocenters. The normalized spacial score (nSPS) is 30.1. The number of fused-ring (bicyclic) bond motifs is 1. The van der Waals surface area contributed by atoms with Crippen molar-refractivity contribution in [2.24, 2.45) is 11.1 Å². The fourth-order valence-electron chi connectivity index (χ4n) is 5.32. The summed E-state index contributed by atoms with van der Waals surface area (Å²) in [4.78, 5) is 46.8. The number of amides is 1. The summed E-state index contributed by atoms with van der Waals surface area (Å²) in [6, 6.07) is -0.716. The molecule has 1 saturated heterocycles. The zero-order valence-corrected chi connectivity index (χ0v) is 22.3. The van der Waals surface area contributed by atoms with E-state index in [4.69, 9.17) is 10.6 Å². The van der Waals surface area contributed by atoms with Crippen LogP contribution in [-0.2, 0) is 19.2 Å². The van der Waals surface area contributed by atoms with E-state index in [9.17, 15) is 24.6 Å². The summed E-state index contributed by atoms with van der Waals surface area (Å²) in [5, 5.41) is 29.6. The smallest absolute Gasteiger partial charge is 0.276 e. The Hall–Kier alpha value is -2.74. The summed E-state index contributed by atoms with van der Waals surface area (Å²) >= 11 is 2.56. The molecule has 1 amide bonds. The number of nitrogens with one attached hydrogen (secondary N) is 1. The number of nitrogen functional groups attached to an aromatic ring is 1. The minimum Gasteiger partial charge on any atom is -0.545 e. The van der Waals surface area contributed by atoms with Crippen LogP contribution in [0.5, 0.6) is 0 Å². The van der Waals surface area contributed by atoms with Crippen LogP contribution in [0.4, 0.5) is 5.13 Å². The standard InChI is InChI=1S/C24H31N5O6S2/c1-29(8-4-3-7-14(29)10-30)9-5-6-13-11-36-21-17(16(13)23(33)34)20(31)19(21)27-22(32)18(28-35-2)15-12-37-24(25)26-15/h5-6,12,14,17,19,21,30H,3-4,7-11H2,1-2H3,(H3-,25,26,27,32,33,34)/b6-5+,28-18-/t14?,17?,19-,21+,29?/m1/s1. The first-order chi connectivity index (χ1) is 17.7. The Morgan fingerprint density at radius 2 is 2.22 bits per heavy atom. The molecule has 0 bridgehead atoms. The molecule has 3 aliphatic rings. The average molecular weight is 550 g/mol. The van der Waals surface area contributed by atoms with Crippen LogP contribution in [0.25, 0.3) is 0 Å². The van der Waals surface area contributed by atoms with Gasteiger partial charge >= 0.3 is 0 Å². The molecular formula is C24H31N5O6S2. The third-order valence-corrected chi connectivity index (χ3v) is 9.50. The van der Waals surface area contributed by atoms with Gasteiger partial charge in [0, 0.05) is 22.8 Å². The maximum atomic E-state index is 13.1. The van der Waals surface area contributed by atoms with E-state index in [1.54, 1.807) is 11.5 Å². The molecule has 5 atom stereocenters. The number of hydrogen-bond donors (Lipinski definition) is 3. The number of aliphatic hydroxyl groups is 1. The van der Waals surface area contributed by atoms with Gasteiger partial charge in [0.25, 0.3) is 5.91 Å². The van der Waals surface area contributed by atoms with E-state index in [0.29, 0.717) is 22.4 Å². The lowest BCUT2D eigenvalue weighted by Gasteiger charge is -2.47. The number of piperidine rings is 1. The molecule has 4 N–H and O–H groups in total. The number of carbonyl (C=O) groups is 3. The number of nitrogens with zero attached hydrogens (tertiary/aromatic N) is 3. The SMILES string of the molecule is CO/N=C(\C(=O)N[C@@H]1C(=O)C2C(C(=O)[O-])=C(/C=C/C[N+]3(C)CCCCC3CO)CS[C@@H]21)c1csc(N)n1. The Labute approximate surface area is 223 Å². The Morgan fingerprint density at radius 1 is 1.43 bits per heavy atom. The second-order valence-corrected chi connectivity index (χ2v) is 11.7. The summed E-state index contributed by atoms with van der Waals surface area (Å²) in [7, 11) is 3.39. The molecule has 13 heteroatoms. The molecule has 0 aromatic carbocycles. The van der Waals surface area contributed by atoms with Crippen LogP contribution in [0.2, 0.25) is 0 Å². The largest absolute Gasteiger partial charge is 0.545 e. The second-order valence-electron chi connectivity index (χ2n) is 9.65. The quantitative estimate of drug-likeness (QED) is 0.208. The number of carboxylic acids is 1. The number of likely N-dealkylation sites (tertiary alicyclic amines) is 1. The molecule has 0 radical (unpaired) electrons. The van der Waals surface area contributed by atoms with Gasteiger partial charge in [0.05, 0.1) is 38.6 Å². The molecule has 37 heavy (non-hydrogen) atoms. The minimum atomic E-state index is -1.38. The maximum Gasteiger partial charge on any atom is 0.276 e. The number of hydrogen-bond acceptors (Lipinski definition) is 11. The van der Waals surface area contributed by atoms with Gasteiger partial charge in [-0.25, -0.2) is 4.98 Å². The summed E-state index contributed by atoms with van der Waals surface area (Å²) in [6.45, 7) is 1.72. The highest BCUT2D eigenvalue weighted by Crippen LogP contribution is 2.45. The van der Waals surface area contributed by atoms with Gasteiger partial charge in [0.2, 0.25) is 0 Å². The van der Waals surface area contributed by atoms with Gasteiger partial charge in [-0.05, 0) is 30.1 Å². The zero-order chi connectivity index (χ0) is 26.7. The molecule has 200 valence electrons. The Bertz CT molecular complexity index is 1160. The molecule has 1 saturated carbocycles. The lowest BCUT2D eigenvalue weighted by Crippen LogP contribution is -2.66. The van der Waals surface area contributed by atoms with E-state index in [-0.39, 0.29) is 40.5 Å². The first kappa shape index (κ1) is 27.3. The van der Waals surface area contributed by atoms with Crippen molar-refractivity contribution in [3.05, 3.63) is 34.4 Å². The molecule has 0 spiro atoms. The van der Waals surface area contributed by atoms with Crippen molar-refractivity contribution in [1.82, 2.24) is 10.3 Å². The summed E-state index contributed by atoms with van der Waals surface area (Å²) in [5.41, 5.74) is 6.28. The van der Waals surface area contributed by atoms with Crippen molar-refractivity contribution >= 4 is 51.6 Å². The lowest BCUT2D eigenvalue weighted by molar-refractivity contribution is -0.933. The van der Waals surface area contributed by atoms with E-state index in [1.807, 2.05) is 6.08 Å². The number of aliphatic hydroxyl groups excluding tert-OH is 1. The highest BCUT2D eigenvalue weighted by molar-refractivity contribution is 8.00. The number of likely N-dealkylation sites (N-methyl/N-ethyl adjacent to an activating group) is 1. The second kappa shape index (κ2) is 11.3. The Balaban J connectivity index is 1.48. The predicted molar refractivity (Wildman–Crippen MR) is 139 cm³/mol. The highest BCUT2D eigenvalue weighted by Gasteiger charge is 2.55. The number of thioether (sulfide) groups is 1. The number of anilines is 1. The van der Waals surface area contributed by atoms with Gasteiger partial charge < -0.3 is 35.4 Å². The number of quaternary nitrogens is 1. The van der Waals surface area contributed by atoms with E-state index in [0.717, 1.165) is 37.1 Å². The third kappa shape index (κ3) is 5.44. The molecule has 11 nitrogen and oxygen atoms in total. The zero-order valence-electron chi connectivity index (χ0n) is 20.7. The van der Waals surface area contributed by atoms with Crippen molar-refractivity contribution in [3.8, 4) is 0 Å². The molecule has 4 rings (SSSR count). The first-order valence-electron chi connectivity index (χ1n) is 12.0. The van der Waals surface area contributed by atoms with Crippen molar-refractivity contribution in [3.63, 3.8) is 0 Å².